The molecule has 1 N–H and O–H groups in total. The first-order valence-corrected chi connectivity index (χ1v) is 9.38. The fourth-order valence-corrected chi connectivity index (χ4v) is 4.86. The summed E-state index contributed by atoms with van der Waals surface area (Å²) in [5.41, 5.74) is 0.857. The molecular weight excluding hydrogens is 286 g/mol. The first-order chi connectivity index (χ1) is 10.0. The molecule has 0 saturated carbocycles. The standard InChI is InChI=1S/C16H25NO3S/c1-2-3-12-21(19,20)17-11-7-10-15(17)13-16(18)14-8-5-4-6-9-14/h4-6,8-9,15-16,18H,2-3,7,10-13H2,1H3. The highest BCUT2D eigenvalue weighted by Crippen LogP contribution is 2.29. The quantitative estimate of drug-likeness (QED) is 0.842. The maximum absolute atomic E-state index is 12.4. The molecule has 2 rings (SSSR count). The summed E-state index contributed by atoms with van der Waals surface area (Å²) < 4.78 is 26.3. The smallest absolute Gasteiger partial charge is 0.214 e. The Balaban J connectivity index is 2.02. The lowest BCUT2D eigenvalue weighted by atomic mass is 10.0. The second-order valence-corrected chi connectivity index (χ2v) is 7.78. The molecule has 0 radical (unpaired) electrons. The first kappa shape index (κ1) is 16.5. The molecule has 1 saturated heterocycles. The lowest BCUT2D eigenvalue weighted by Crippen LogP contribution is -2.38. The zero-order chi connectivity index (χ0) is 15.3. The molecule has 2 unspecified atom stereocenters. The molecule has 0 bridgehead atoms. The molecule has 0 aliphatic carbocycles. The molecule has 0 amide bonds. The lowest BCUT2D eigenvalue weighted by Gasteiger charge is -2.26. The maximum Gasteiger partial charge on any atom is 0.214 e. The van der Waals surface area contributed by atoms with Crippen LogP contribution in [0.25, 0.3) is 0 Å². The van der Waals surface area contributed by atoms with Gasteiger partial charge < -0.3 is 5.11 Å². The Morgan fingerprint density at radius 1 is 1.33 bits per heavy atom. The topological polar surface area (TPSA) is 57.6 Å². The Morgan fingerprint density at radius 3 is 2.71 bits per heavy atom. The average Bonchev–Trinajstić information content (AvgIpc) is 2.95. The van der Waals surface area contributed by atoms with Gasteiger partial charge in [-0.1, -0.05) is 43.7 Å². The van der Waals surface area contributed by atoms with Crippen LogP contribution in [0.3, 0.4) is 0 Å². The lowest BCUT2D eigenvalue weighted by molar-refractivity contribution is 0.142. The normalized spacial score (nSPS) is 21.5. The number of sulfonamides is 1. The molecule has 2 atom stereocenters. The van der Waals surface area contributed by atoms with Crippen molar-refractivity contribution in [3.63, 3.8) is 0 Å². The van der Waals surface area contributed by atoms with Crippen molar-refractivity contribution < 1.29 is 13.5 Å². The molecular formula is C16H25NO3S. The van der Waals surface area contributed by atoms with Crippen LogP contribution in [0, 0.1) is 0 Å². The molecule has 0 aromatic heterocycles. The van der Waals surface area contributed by atoms with E-state index in [-0.39, 0.29) is 11.8 Å². The van der Waals surface area contributed by atoms with Gasteiger partial charge >= 0.3 is 0 Å². The van der Waals surface area contributed by atoms with Crippen LogP contribution < -0.4 is 0 Å². The third kappa shape index (κ3) is 4.28. The van der Waals surface area contributed by atoms with Crippen LogP contribution >= 0.6 is 0 Å². The number of hydrogen-bond donors (Lipinski definition) is 1. The second kappa shape index (κ2) is 7.38. The number of aliphatic hydroxyl groups excluding tert-OH is 1. The second-order valence-electron chi connectivity index (χ2n) is 5.74. The van der Waals surface area contributed by atoms with Crippen molar-refractivity contribution in [3.05, 3.63) is 35.9 Å². The van der Waals surface area contributed by atoms with Crippen molar-refractivity contribution in [1.82, 2.24) is 4.31 Å². The molecule has 0 spiro atoms. The van der Waals surface area contributed by atoms with E-state index in [1.54, 1.807) is 4.31 Å². The van der Waals surface area contributed by atoms with Crippen LogP contribution in [-0.4, -0.2) is 36.2 Å². The van der Waals surface area contributed by atoms with Gasteiger partial charge in [0, 0.05) is 12.6 Å². The number of unbranched alkanes of at least 4 members (excludes halogenated alkanes) is 1. The Morgan fingerprint density at radius 2 is 2.05 bits per heavy atom. The van der Waals surface area contributed by atoms with Crippen molar-refractivity contribution in [3.8, 4) is 0 Å². The molecule has 1 heterocycles. The molecule has 4 nitrogen and oxygen atoms in total. The van der Waals surface area contributed by atoms with Gasteiger partial charge in [-0.2, -0.15) is 4.31 Å². The van der Waals surface area contributed by atoms with Crippen LogP contribution in [0.4, 0.5) is 0 Å². The predicted octanol–water partition coefficient (Wildman–Crippen LogP) is 2.70. The molecule has 1 fully saturated rings. The minimum atomic E-state index is -3.18. The first-order valence-electron chi connectivity index (χ1n) is 7.77. The van der Waals surface area contributed by atoms with Gasteiger partial charge in [0.25, 0.3) is 0 Å². The summed E-state index contributed by atoms with van der Waals surface area (Å²) in [5.74, 6) is 0.224. The molecule has 1 aromatic carbocycles. The SMILES string of the molecule is CCCCS(=O)(=O)N1CCCC1CC(O)c1ccccc1. The summed E-state index contributed by atoms with van der Waals surface area (Å²) in [6, 6.07) is 9.40. The third-order valence-electron chi connectivity index (χ3n) is 4.12. The van der Waals surface area contributed by atoms with E-state index in [0.29, 0.717) is 19.4 Å². The van der Waals surface area contributed by atoms with Crippen LogP contribution in [0.5, 0.6) is 0 Å². The minimum Gasteiger partial charge on any atom is -0.388 e. The molecule has 1 aliphatic rings. The van der Waals surface area contributed by atoms with Crippen molar-refractivity contribution in [2.24, 2.45) is 0 Å². The number of hydrogen-bond acceptors (Lipinski definition) is 3. The van der Waals surface area contributed by atoms with Gasteiger partial charge in [-0.3, -0.25) is 0 Å². The van der Waals surface area contributed by atoms with E-state index >= 15 is 0 Å². The average molecular weight is 311 g/mol. The molecule has 21 heavy (non-hydrogen) atoms. The van der Waals surface area contributed by atoms with E-state index in [1.807, 2.05) is 37.3 Å². The highest BCUT2D eigenvalue weighted by atomic mass is 32.2. The van der Waals surface area contributed by atoms with Crippen molar-refractivity contribution >= 4 is 10.0 Å². The number of nitrogens with zero attached hydrogens (tertiary/aromatic N) is 1. The van der Waals surface area contributed by atoms with Crippen LogP contribution in [0.15, 0.2) is 30.3 Å². The molecule has 1 aliphatic heterocycles. The summed E-state index contributed by atoms with van der Waals surface area (Å²) in [7, 11) is -3.18. The predicted molar refractivity (Wildman–Crippen MR) is 84.4 cm³/mol. The van der Waals surface area contributed by atoms with Crippen molar-refractivity contribution in [2.75, 3.05) is 12.3 Å². The van der Waals surface area contributed by atoms with Crippen LogP contribution in [0.2, 0.25) is 0 Å². The zero-order valence-electron chi connectivity index (χ0n) is 12.6. The van der Waals surface area contributed by atoms with Crippen molar-refractivity contribution in [2.45, 2.75) is 51.2 Å². The highest BCUT2D eigenvalue weighted by Gasteiger charge is 2.34. The molecule has 1 aromatic rings. The van der Waals surface area contributed by atoms with E-state index in [0.717, 1.165) is 24.8 Å². The van der Waals surface area contributed by atoms with Gasteiger partial charge in [0.1, 0.15) is 0 Å². The van der Waals surface area contributed by atoms with E-state index in [1.165, 1.54) is 0 Å². The van der Waals surface area contributed by atoms with Gasteiger partial charge in [-0.25, -0.2) is 8.42 Å². The number of rotatable bonds is 7. The largest absolute Gasteiger partial charge is 0.388 e. The molecule has 5 heteroatoms. The number of benzene rings is 1. The van der Waals surface area contributed by atoms with Gasteiger partial charge in [-0.15, -0.1) is 0 Å². The van der Waals surface area contributed by atoms with Gasteiger partial charge in [0.2, 0.25) is 10.0 Å². The summed E-state index contributed by atoms with van der Waals surface area (Å²) in [6.45, 7) is 2.59. The monoisotopic (exact) mass is 311 g/mol. The molecule has 118 valence electrons. The van der Waals surface area contributed by atoms with E-state index in [4.69, 9.17) is 0 Å². The highest BCUT2D eigenvalue weighted by molar-refractivity contribution is 7.89. The van der Waals surface area contributed by atoms with Gasteiger partial charge in [0.05, 0.1) is 11.9 Å². The van der Waals surface area contributed by atoms with Gasteiger partial charge in [0.15, 0.2) is 0 Å². The summed E-state index contributed by atoms with van der Waals surface area (Å²) in [6.07, 6.45) is 3.19. The van der Waals surface area contributed by atoms with Crippen LogP contribution in [-0.2, 0) is 10.0 Å². The Bertz CT molecular complexity index is 530. The number of aliphatic hydroxyl groups is 1. The summed E-state index contributed by atoms with van der Waals surface area (Å²) in [5, 5.41) is 10.3. The Labute approximate surface area is 127 Å². The van der Waals surface area contributed by atoms with E-state index in [9.17, 15) is 13.5 Å². The minimum absolute atomic E-state index is 0.0675. The third-order valence-corrected chi connectivity index (χ3v) is 6.12. The fraction of sp³-hybridized carbons (Fsp3) is 0.625. The summed E-state index contributed by atoms with van der Waals surface area (Å²) in [4.78, 5) is 0. The Hall–Kier alpha value is -0.910. The Kier molecular flexibility index (Phi) is 5.79. The van der Waals surface area contributed by atoms with E-state index in [2.05, 4.69) is 0 Å². The van der Waals surface area contributed by atoms with Crippen LogP contribution in [0.1, 0.15) is 50.7 Å². The summed E-state index contributed by atoms with van der Waals surface area (Å²) >= 11 is 0. The van der Waals surface area contributed by atoms with Crippen molar-refractivity contribution in [1.29, 1.82) is 0 Å². The zero-order valence-corrected chi connectivity index (χ0v) is 13.4. The van der Waals surface area contributed by atoms with Gasteiger partial charge in [-0.05, 0) is 31.2 Å². The van der Waals surface area contributed by atoms with E-state index < -0.39 is 16.1 Å². The fourth-order valence-electron chi connectivity index (χ4n) is 2.92. The maximum atomic E-state index is 12.4.